The van der Waals surface area contributed by atoms with Gasteiger partial charge in [-0.05, 0) is 49.2 Å². The Labute approximate surface area is 150 Å². The predicted octanol–water partition coefficient (Wildman–Crippen LogP) is 4.73. The first kappa shape index (κ1) is 18.7. The SMILES string of the molecule is CCN(CC)c1ccc(/C=C/c2cc(OC)c(OC)c(OC)c2)cc1. The van der Waals surface area contributed by atoms with Crippen LogP contribution in [0.2, 0.25) is 0 Å². The van der Waals surface area contributed by atoms with Gasteiger partial charge >= 0.3 is 0 Å². The molecule has 0 aliphatic carbocycles. The molecule has 0 fully saturated rings. The predicted molar refractivity (Wildman–Crippen MR) is 105 cm³/mol. The van der Waals surface area contributed by atoms with Crippen LogP contribution in [0.4, 0.5) is 5.69 Å². The largest absolute Gasteiger partial charge is 0.493 e. The summed E-state index contributed by atoms with van der Waals surface area (Å²) in [6, 6.07) is 12.4. The van der Waals surface area contributed by atoms with Gasteiger partial charge in [-0.3, -0.25) is 0 Å². The maximum atomic E-state index is 5.39. The Morgan fingerprint density at radius 2 is 1.28 bits per heavy atom. The lowest BCUT2D eigenvalue weighted by Crippen LogP contribution is -2.21. The molecule has 0 spiro atoms. The first-order valence-corrected chi connectivity index (χ1v) is 8.49. The van der Waals surface area contributed by atoms with Crippen molar-refractivity contribution in [2.24, 2.45) is 0 Å². The zero-order valence-corrected chi connectivity index (χ0v) is 15.7. The molecule has 0 N–H and O–H groups in total. The zero-order chi connectivity index (χ0) is 18.2. The van der Waals surface area contributed by atoms with Crippen LogP contribution in [0, 0.1) is 0 Å². The van der Waals surface area contributed by atoms with Gasteiger partial charge < -0.3 is 19.1 Å². The third kappa shape index (κ3) is 4.47. The van der Waals surface area contributed by atoms with Crippen molar-refractivity contribution in [3.05, 3.63) is 47.5 Å². The Morgan fingerprint density at radius 1 is 0.760 bits per heavy atom. The van der Waals surface area contributed by atoms with Crippen LogP contribution < -0.4 is 19.1 Å². The maximum absolute atomic E-state index is 5.39. The summed E-state index contributed by atoms with van der Waals surface area (Å²) in [5.74, 6) is 1.91. The molecule has 134 valence electrons. The summed E-state index contributed by atoms with van der Waals surface area (Å²) >= 11 is 0. The highest BCUT2D eigenvalue weighted by molar-refractivity contribution is 5.73. The van der Waals surface area contributed by atoms with E-state index in [9.17, 15) is 0 Å². The number of hydrogen-bond donors (Lipinski definition) is 0. The Morgan fingerprint density at radius 3 is 1.72 bits per heavy atom. The van der Waals surface area contributed by atoms with Crippen LogP contribution in [0.5, 0.6) is 17.2 Å². The van der Waals surface area contributed by atoms with Gasteiger partial charge in [-0.1, -0.05) is 24.3 Å². The van der Waals surface area contributed by atoms with Gasteiger partial charge in [-0.2, -0.15) is 0 Å². The van der Waals surface area contributed by atoms with Gasteiger partial charge in [-0.15, -0.1) is 0 Å². The fourth-order valence-corrected chi connectivity index (χ4v) is 2.78. The van der Waals surface area contributed by atoms with Crippen molar-refractivity contribution in [1.82, 2.24) is 0 Å². The van der Waals surface area contributed by atoms with Crippen LogP contribution in [0.1, 0.15) is 25.0 Å². The molecule has 0 saturated heterocycles. The summed E-state index contributed by atoms with van der Waals surface area (Å²) in [7, 11) is 4.85. The highest BCUT2D eigenvalue weighted by Gasteiger charge is 2.11. The van der Waals surface area contributed by atoms with Gasteiger partial charge in [0, 0.05) is 18.8 Å². The van der Waals surface area contributed by atoms with E-state index in [4.69, 9.17) is 14.2 Å². The summed E-state index contributed by atoms with van der Waals surface area (Å²) < 4.78 is 16.1. The van der Waals surface area contributed by atoms with Gasteiger partial charge in [-0.25, -0.2) is 0 Å². The summed E-state index contributed by atoms with van der Waals surface area (Å²) in [5.41, 5.74) is 3.38. The second kappa shape index (κ2) is 9.02. The summed E-state index contributed by atoms with van der Waals surface area (Å²) in [6.45, 7) is 6.36. The number of hydrogen-bond acceptors (Lipinski definition) is 4. The molecule has 0 radical (unpaired) electrons. The highest BCUT2D eigenvalue weighted by Crippen LogP contribution is 2.38. The summed E-state index contributed by atoms with van der Waals surface area (Å²) in [5, 5.41) is 0. The molecule has 0 aromatic heterocycles. The zero-order valence-electron chi connectivity index (χ0n) is 15.7. The Balaban J connectivity index is 2.24. The fraction of sp³-hybridized carbons (Fsp3) is 0.333. The molecule has 0 amide bonds. The van der Waals surface area contributed by atoms with Crippen molar-refractivity contribution < 1.29 is 14.2 Å². The lowest BCUT2D eigenvalue weighted by molar-refractivity contribution is 0.324. The van der Waals surface area contributed by atoms with E-state index >= 15 is 0 Å². The topological polar surface area (TPSA) is 30.9 Å². The van der Waals surface area contributed by atoms with Crippen molar-refractivity contribution >= 4 is 17.8 Å². The van der Waals surface area contributed by atoms with Crippen LogP contribution in [-0.4, -0.2) is 34.4 Å². The van der Waals surface area contributed by atoms with Crippen molar-refractivity contribution in [3.8, 4) is 17.2 Å². The van der Waals surface area contributed by atoms with E-state index in [-0.39, 0.29) is 0 Å². The molecule has 0 atom stereocenters. The molecular formula is C21H27NO3. The van der Waals surface area contributed by atoms with E-state index in [2.05, 4.69) is 49.1 Å². The molecule has 0 unspecified atom stereocenters. The Hall–Kier alpha value is -2.62. The number of methoxy groups -OCH3 is 3. The van der Waals surface area contributed by atoms with Gasteiger partial charge in [0.05, 0.1) is 21.3 Å². The van der Waals surface area contributed by atoms with E-state index in [0.717, 1.165) is 24.2 Å². The average molecular weight is 341 g/mol. The Bertz CT molecular complexity index is 679. The van der Waals surface area contributed by atoms with Gasteiger partial charge in [0.2, 0.25) is 5.75 Å². The minimum absolute atomic E-state index is 0.603. The first-order chi connectivity index (χ1) is 12.2. The second-order valence-corrected chi connectivity index (χ2v) is 5.56. The normalized spacial score (nSPS) is 10.8. The molecule has 2 aromatic rings. The molecule has 4 nitrogen and oxygen atoms in total. The summed E-state index contributed by atoms with van der Waals surface area (Å²) in [6.07, 6.45) is 4.11. The minimum Gasteiger partial charge on any atom is -0.493 e. The highest BCUT2D eigenvalue weighted by atomic mass is 16.5. The molecule has 4 heteroatoms. The fourth-order valence-electron chi connectivity index (χ4n) is 2.78. The first-order valence-electron chi connectivity index (χ1n) is 8.49. The Kier molecular flexibility index (Phi) is 6.75. The molecule has 0 heterocycles. The van der Waals surface area contributed by atoms with Gasteiger partial charge in [0.25, 0.3) is 0 Å². The van der Waals surface area contributed by atoms with Crippen molar-refractivity contribution in [1.29, 1.82) is 0 Å². The monoisotopic (exact) mass is 341 g/mol. The lowest BCUT2D eigenvalue weighted by Gasteiger charge is -2.20. The van der Waals surface area contributed by atoms with Crippen LogP contribution in [0.15, 0.2) is 36.4 Å². The molecule has 25 heavy (non-hydrogen) atoms. The van der Waals surface area contributed by atoms with E-state index < -0.39 is 0 Å². The van der Waals surface area contributed by atoms with Crippen LogP contribution in [0.3, 0.4) is 0 Å². The molecule has 0 saturated carbocycles. The van der Waals surface area contributed by atoms with Crippen molar-refractivity contribution in [2.45, 2.75) is 13.8 Å². The molecule has 0 bridgehead atoms. The van der Waals surface area contributed by atoms with E-state index in [0.29, 0.717) is 17.2 Å². The van der Waals surface area contributed by atoms with Crippen molar-refractivity contribution in [2.75, 3.05) is 39.3 Å². The van der Waals surface area contributed by atoms with Crippen LogP contribution in [-0.2, 0) is 0 Å². The lowest BCUT2D eigenvalue weighted by atomic mass is 10.1. The van der Waals surface area contributed by atoms with E-state index in [1.165, 1.54) is 5.69 Å². The number of ether oxygens (including phenoxy) is 3. The average Bonchev–Trinajstić information content (AvgIpc) is 2.67. The maximum Gasteiger partial charge on any atom is 0.203 e. The van der Waals surface area contributed by atoms with Gasteiger partial charge in [0.15, 0.2) is 11.5 Å². The number of benzene rings is 2. The third-order valence-corrected chi connectivity index (χ3v) is 4.18. The smallest absolute Gasteiger partial charge is 0.203 e. The quantitative estimate of drug-likeness (QED) is 0.650. The van der Waals surface area contributed by atoms with Crippen LogP contribution >= 0.6 is 0 Å². The second-order valence-electron chi connectivity index (χ2n) is 5.56. The molecule has 2 rings (SSSR count). The van der Waals surface area contributed by atoms with E-state index in [1.807, 2.05) is 18.2 Å². The minimum atomic E-state index is 0.603. The van der Waals surface area contributed by atoms with Crippen molar-refractivity contribution in [3.63, 3.8) is 0 Å². The molecule has 0 aliphatic rings. The summed E-state index contributed by atoms with van der Waals surface area (Å²) in [4.78, 5) is 2.33. The number of nitrogens with zero attached hydrogens (tertiary/aromatic N) is 1. The van der Waals surface area contributed by atoms with Gasteiger partial charge in [0.1, 0.15) is 0 Å². The number of anilines is 1. The van der Waals surface area contributed by atoms with Crippen LogP contribution in [0.25, 0.3) is 12.2 Å². The van der Waals surface area contributed by atoms with E-state index in [1.54, 1.807) is 21.3 Å². The number of rotatable bonds is 8. The standard InChI is InChI=1S/C21H27NO3/c1-6-22(7-2)18-12-10-16(11-13-18)8-9-17-14-19(23-3)21(25-5)20(15-17)24-4/h8-15H,6-7H2,1-5H3/b9-8+. The third-order valence-electron chi connectivity index (χ3n) is 4.18. The molecule has 2 aromatic carbocycles. The molecule has 0 aliphatic heterocycles. The molecular weight excluding hydrogens is 314 g/mol.